The van der Waals surface area contributed by atoms with Gasteiger partial charge in [0.25, 0.3) is 0 Å². The fourth-order valence-electron chi connectivity index (χ4n) is 2.42. The van der Waals surface area contributed by atoms with E-state index >= 15 is 0 Å². The Bertz CT molecular complexity index is 399. The van der Waals surface area contributed by atoms with Crippen molar-refractivity contribution in [2.45, 2.75) is 51.9 Å². The van der Waals surface area contributed by atoms with Crippen LogP contribution in [0.5, 0.6) is 0 Å². The zero-order valence-electron chi connectivity index (χ0n) is 13.0. The number of sulfone groups is 1. The number of hydrogen-bond acceptors (Lipinski definition) is 3. The van der Waals surface area contributed by atoms with E-state index in [1.165, 1.54) is 32.1 Å². The maximum Gasteiger partial charge on any atom is 0.188 e. The van der Waals surface area contributed by atoms with E-state index in [4.69, 9.17) is 5.73 Å². The standard InChI is InChI=1S/C14H29N3O2S.HI/c1-2-3-4-5-6-7-9-16-14(15)17-11-13-8-10-20(18,19)12-13;/h13H,2-12H2,1H3,(H3,15,16,17);1H. The number of guanidine groups is 1. The summed E-state index contributed by atoms with van der Waals surface area (Å²) in [4.78, 5) is 4.24. The molecule has 0 saturated carbocycles. The van der Waals surface area contributed by atoms with Gasteiger partial charge in [0.05, 0.1) is 11.5 Å². The molecular formula is C14H30IN3O2S. The lowest BCUT2D eigenvalue weighted by Crippen LogP contribution is -2.33. The lowest BCUT2D eigenvalue weighted by atomic mass is 10.1. The average molecular weight is 431 g/mol. The van der Waals surface area contributed by atoms with E-state index in [0.717, 1.165) is 19.4 Å². The Balaban J connectivity index is 0.00000400. The zero-order valence-corrected chi connectivity index (χ0v) is 16.2. The molecule has 0 aliphatic carbocycles. The van der Waals surface area contributed by atoms with E-state index in [2.05, 4.69) is 17.2 Å². The number of rotatable bonds is 9. The highest BCUT2D eigenvalue weighted by atomic mass is 127. The van der Waals surface area contributed by atoms with Crippen molar-refractivity contribution in [2.75, 3.05) is 24.6 Å². The Labute approximate surface area is 146 Å². The molecule has 7 heteroatoms. The number of nitrogens with zero attached hydrogens (tertiary/aromatic N) is 1. The maximum atomic E-state index is 11.3. The van der Waals surface area contributed by atoms with Gasteiger partial charge < -0.3 is 11.1 Å². The molecule has 5 nitrogen and oxygen atoms in total. The van der Waals surface area contributed by atoms with Gasteiger partial charge >= 0.3 is 0 Å². The molecule has 0 amide bonds. The van der Waals surface area contributed by atoms with Crippen molar-refractivity contribution in [1.29, 1.82) is 0 Å². The van der Waals surface area contributed by atoms with Crippen LogP contribution in [-0.4, -0.2) is 39.0 Å². The van der Waals surface area contributed by atoms with Crippen molar-refractivity contribution in [1.82, 2.24) is 5.32 Å². The van der Waals surface area contributed by atoms with Gasteiger partial charge in [0.2, 0.25) is 0 Å². The maximum absolute atomic E-state index is 11.3. The second-order valence-electron chi connectivity index (χ2n) is 5.69. The Morgan fingerprint density at radius 3 is 2.52 bits per heavy atom. The van der Waals surface area contributed by atoms with Crippen molar-refractivity contribution in [3.05, 3.63) is 0 Å². The second-order valence-corrected chi connectivity index (χ2v) is 7.92. The summed E-state index contributed by atoms with van der Waals surface area (Å²) in [6.07, 6.45) is 8.24. The van der Waals surface area contributed by atoms with E-state index in [0.29, 0.717) is 18.3 Å². The van der Waals surface area contributed by atoms with Gasteiger partial charge in [-0.15, -0.1) is 24.0 Å². The molecule has 0 aromatic heterocycles. The molecule has 1 fully saturated rings. The smallest absolute Gasteiger partial charge is 0.188 e. The Hall–Kier alpha value is -0.0500. The van der Waals surface area contributed by atoms with Crippen molar-refractivity contribution in [3.8, 4) is 0 Å². The SMILES string of the molecule is CCCCCCCCNC(N)=NCC1CCS(=O)(=O)C1.I. The minimum atomic E-state index is -2.81. The summed E-state index contributed by atoms with van der Waals surface area (Å²) >= 11 is 0. The summed E-state index contributed by atoms with van der Waals surface area (Å²) in [5.41, 5.74) is 5.77. The number of nitrogens with one attached hydrogen (secondary N) is 1. The van der Waals surface area contributed by atoms with Gasteiger partial charge in [-0.25, -0.2) is 8.42 Å². The van der Waals surface area contributed by atoms with Gasteiger partial charge in [-0.05, 0) is 18.8 Å². The van der Waals surface area contributed by atoms with E-state index in [1.54, 1.807) is 0 Å². The third-order valence-electron chi connectivity index (χ3n) is 3.68. The fraction of sp³-hybridized carbons (Fsp3) is 0.929. The summed E-state index contributed by atoms with van der Waals surface area (Å²) in [6.45, 7) is 3.59. The first-order valence-corrected chi connectivity index (χ1v) is 9.60. The first-order valence-electron chi connectivity index (χ1n) is 7.77. The van der Waals surface area contributed by atoms with Crippen LogP contribution in [0, 0.1) is 5.92 Å². The molecule has 0 aromatic rings. The van der Waals surface area contributed by atoms with Gasteiger partial charge in [0, 0.05) is 13.1 Å². The second kappa shape index (κ2) is 11.5. The quantitative estimate of drug-likeness (QED) is 0.254. The van der Waals surface area contributed by atoms with E-state index < -0.39 is 9.84 Å². The van der Waals surface area contributed by atoms with Crippen LogP contribution in [-0.2, 0) is 9.84 Å². The normalized spacial score (nSPS) is 21.0. The molecule has 1 unspecified atom stereocenters. The monoisotopic (exact) mass is 431 g/mol. The first kappa shape index (κ1) is 20.9. The molecule has 1 heterocycles. The van der Waals surface area contributed by atoms with Gasteiger partial charge in [-0.1, -0.05) is 39.0 Å². The average Bonchev–Trinajstić information content (AvgIpc) is 2.75. The minimum Gasteiger partial charge on any atom is -0.370 e. The summed E-state index contributed by atoms with van der Waals surface area (Å²) in [5, 5.41) is 3.10. The van der Waals surface area contributed by atoms with Crippen LogP contribution < -0.4 is 11.1 Å². The molecule has 0 aromatic carbocycles. The predicted octanol–water partition coefficient (Wildman–Crippen LogP) is 2.30. The van der Waals surface area contributed by atoms with Crippen LogP contribution in [0.2, 0.25) is 0 Å². The van der Waals surface area contributed by atoms with E-state index in [9.17, 15) is 8.42 Å². The molecule has 1 rings (SSSR count). The highest BCUT2D eigenvalue weighted by molar-refractivity contribution is 14.0. The van der Waals surface area contributed by atoms with Crippen molar-refractivity contribution < 1.29 is 8.42 Å². The Morgan fingerprint density at radius 2 is 1.90 bits per heavy atom. The van der Waals surface area contributed by atoms with Crippen LogP contribution in [0.1, 0.15) is 51.9 Å². The highest BCUT2D eigenvalue weighted by Gasteiger charge is 2.27. The largest absolute Gasteiger partial charge is 0.370 e. The number of aliphatic imine (C=N–C) groups is 1. The topological polar surface area (TPSA) is 84.5 Å². The molecule has 3 N–H and O–H groups in total. The minimum absolute atomic E-state index is 0. The zero-order chi connectivity index (χ0) is 14.8. The molecule has 1 aliphatic heterocycles. The molecule has 0 bridgehead atoms. The molecule has 21 heavy (non-hydrogen) atoms. The van der Waals surface area contributed by atoms with Crippen molar-refractivity contribution in [2.24, 2.45) is 16.6 Å². The fourth-order valence-corrected chi connectivity index (χ4v) is 4.27. The number of unbranched alkanes of at least 4 members (excludes halogenated alkanes) is 5. The van der Waals surface area contributed by atoms with Crippen LogP contribution in [0.4, 0.5) is 0 Å². The molecule has 1 saturated heterocycles. The third-order valence-corrected chi connectivity index (χ3v) is 5.52. The summed E-state index contributed by atoms with van der Waals surface area (Å²) < 4.78 is 22.6. The van der Waals surface area contributed by atoms with Crippen molar-refractivity contribution >= 4 is 39.8 Å². The van der Waals surface area contributed by atoms with Crippen molar-refractivity contribution in [3.63, 3.8) is 0 Å². The van der Waals surface area contributed by atoms with Crippen LogP contribution >= 0.6 is 24.0 Å². The van der Waals surface area contributed by atoms with Crippen LogP contribution in [0.25, 0.3) is 0 Å². The van der Waals surface area contributed by atoms with E-state index in [1.807, 2.05) is 0 Å². The highest BCUT2D eigenvalue weighted by Crippen LogP contribution is 2.18. The predicted molar refractivity (Wildman–Crippen MR) is 100 cm³/mol. The number of halogens is 1. The molecule has 1 atom stereocenters. The summed E-state index contributed by atoms with van der Waals surface area (Å²) in [7, 11) is -2.81. The lowest BCUT2D eigenvalue weighted by molar-refractivity contribution is 0.588. The summed E-state index contributed by atoms with van der Waals surface area (Å²) in [6, 6.07) is 0. The van der Waals surface area contributed by atoms with Gasteiger partial charge in [0.15, 0.2) is 15.8 Å². The molecule has 126 valence electrons. The molecular weight excluding hydrogens is 401 g/mol. The summed E-state index contributed by atoms with van der Waals surface area (Å²) in [5.74, 6) is 1.16. The Kier molecular flexibility index (Phi) is 11.5. The van der Waals surface area contributed by atoms with E-state index in [-0.39, 0.29) is 35.6 Å². The third kappa shape index (κ3) is 10.3. The van der Waals surface area contributed by atoms with Gasteiger partial charge in [-0.2, -0.15) is 0 Å². The Morgan fingerprint density at radius 1 is 1.24 bits per heavy atom. The molecule has 0 spiro atoms. The van der Waals surface area contributed by atoms with Crippen LogP contribution in [0.15, 0.2) is 4.99 Å². The van der Waals surface area contributed by atoms with Gasteiger partial charge in [0.1, 0.15) is 0 Å². The first-order chi connectivity index (χ1) is 9.53. The van der Waals surface area contributed by atoms with Crippen LogP contribution in [0.3, 0.4) is 0 Å². The molecule has 1 aliphatic rings. The number of hydrogen-bond donors (Lipinski definition) is 2. The lowest BCUT2D eigenvalue weighted by Gasteiger charge is -2.07. The number of nitrogens with two attached hydrogens (primary N) is 1. The van der Waals surface area contributed by atoms with Gasteiger partial charge in [-0.3, -0.25) is 4.99 Å². The molecule has 0 radical (unpaired) electrons.